The molecule has 0 radical (unpaired) electrons. The lowest BCUT2D eigenvalue weighted by molar-refractivity contribution is -0.141. The summed E-state index contributed by atoms with van der Waals surface area (Å²) < 4.78 is 0. The van der Waals surface area contributed by atoms with E-state index in [-0.39, 0.29) is 27.8 Å². The first-order valence-electron chi connectivity index (χ1n) is 9.93. The topological polar surface area (TPSA) is 109 Å². The lowest BCUT2D eigenvalue weighted by Crippen LogP contribution is -2.35. The van der Waals surface area contributed by atoms with Crippen molar-refractivity contribution < 1.29 is 25.6 Å². The van der Waals surface area contributed by atoms with Gasteiger partial charge in [-0.1, -0.05) is 65.8 Å². The third kappa shape index (κ3) is 4.31. The standard InChI is InChI=1S/C25H34O4.H2O/c1-14-10-16(12-18(20(14)26)23(3,4)5)25(9,22(28)29)17-11-15(2)21(27)19(13-17)24(6,7)8;/h10-13,26-27H,1-9H3,(H,28,29);1H2. The highest BCUT2D eigenvalue weighted by molar-refractivity contribution is 5.86. The second kappa shape index (κ2) is 7.95. The molecule has 30 heavy (non-hydrogen) atoms. The highest BCUT2D eigenvalue weighted by atomic mass is 16.4. The van der Waals surface area contributed by atoms with Crippen LogP contribution in [0.2, 0.25) is 0 Å². The molecule has 0 fully saturated rings. The van der Waals surface area contributed by atoms with E-state index in [0.29, 0.717) is 33.4 Å². The first-order chi connectivity index (χ1) is 13.0. The maximum atomic E-state index is 12.6. The van der Waals surface area contributed by atoms with Crippen LogP contribution in [0.5, 0.6) is 11.5 Å². The molecule has 5 N–H and O–H groups in total. The van der Waals surface area contributed by atoms with Crippen LogP contribution in [0.25, 0.3) is 0 Å². The molecular formula is C25H36O5. The predicted octanol–water partition coefficient (Wildman–Crippen LogP) is 4.88. The number of aliphatic carboxylic acids is 1. The van der Waals surface area contributed by atoms with Crippen LogP contribution >= 0.6 is 0 Å². The lowest BCUT2D eigenvalue weighted by Gasteiger charge is -2.32. The Morgan fingerprint density at radius 1 is 0.700 bits per heavy atom. The number of aryl methyl sites for hydroxylation is 2. The summed E-state index contributed by atoms with van der Waals surface area (Å²) in [6.07, 6.45) is 0. The third-order valence-electron chi connectivity index (χ3n) is 5.80. The fourth-order valence-electron chi connectivity index (χ4n) is 3.69. The molecule has 2 rings (SSSR count). The van der Waals surface area contributed by atoms with Gasteiger partial charge >= 0.3 is 5.97 Å². The Bertz CT molecular complexity index is 889. The largest absolute Gasteiger partial charge is 0.507 e. The van der Waals surface area contributed by atoms with Gasteiger partial charge in [0.1, 0.15) is 16.9 Å². The van der Waals surface area contributed by atoms with Crippen molar-refractivity contribution in [3.63, 3.8) is 0 Å². The summed E-state index contributed by atoms with van der Waals surface area (Å²) in [4.78, 5) is 12.6. The van der Waals surface area contributed by atoms with Gasteiger partial charge in [-0.05, 0) is 65.0 Å². The molecule has 0 saturated heterocycles. The molecule has 0 bridgehead atoms. The number of rotatable bonds is 3. The van der Waals surface area contributed by atoms with Crippen molar-refractivity contribution in [2.24, 2.45) is 0 Å². The van der Waals surface area contributed by atoms with Gasteiger partial charge in [0.05, 0.1) is 0 Å². The maximum Gasteiger partial charge on any atom is 0.318 e. The zero-order valence-corrected chi connectivity index (χ0v) is 19.6. The second-order valence-electron chi connectivity index (χ2n) is 10.3. The van der Waals surface area contributed by atoms with Crippen LogP contribution in [0.4, 0.5) is 0 Å². The van der Waals surface area contributed by atoms with E-state index in [9.17, 15) is 20.1 Å². The number of hydrogen-bond acceptors (Lipinski definition) is 3. The summed E-state index contributed by atoms with van der Waals surface area (Å²) in [5, 5.41) is 31.5. The van der Waals surface area contributed by atoms with E-state index < -0.39 is 11.4 Å². The molecule has 0 aliphatic heterocycles. The third-order valence-corrected chi connectivity index (χ3v) is 5.80. The smallest absolute Gasteiger partial charge is 0.318 e. The van der Waals surface area contributed by atoms with E-state index in [1.165, 1.54) is 0 Å². The molecule has 0 atom stereocenters. The van der Waals surface area contributed by atoms with Gasteiger partial charge in [0.25, 0.3) is 0 Å². The maximum absolute atomic E-state index is 12.6. The van der Waals surface area contributed by atoms with E-state index in [4.69, 9.17) is 0 Å². The predicted molar refractivity (Wildman–Crippen MR) is 121 cm³/mol. The number of phenolic OH excluding ortho intramolecular Hbond substituents is 2. The SMILES string of the molecule is Cc1cc(C(C)(C(=O)O)c2cc(C)c(O)c(C(C)(C)C)c2)cc(C(C)(C)C)c1O.O. The fourth-order valence-corrected chi connectivity index (χ4v) is 3.69. The van der Waals surface area contributed by atoms with E-state index >= 15 is 0 Å². The number of carbonyl (C=O) groups is 1. The number of phenols is 2. The molecule has 166 valence electrons. The molecule has 0 aliphatic carbocycles. The van der Waals surface area contributed by atoms with Crippen LogP contribution in [0.3, 0.4) is 0 Å². The number of carboxylic acids is 1. The van der Waals surface area contributed by atoms with E-state index in [0.717, 1.165) is 0 Å². The van der Waals surface area contributed by atoms with Crippen LogP contribution in [0, 0.1) is 13.8 Å². The van der Waals surface area contributed by atoms with Gasteiger partial charge in [-0.2, -0.15) is 0 Å². The molecule has 0 saturated carbocycles. The van der Waals surface area contributed by atoms with Gasteiger partial charge in [0, 0.05) is 0 Å². The Hall–Kier alpha value is -2.53. The molecule has 0 heterocycles. The van der Waals surface area contributed by atoms with Crippen LogP contribution in [-0.4, -0.2) is 26.8 Å². The molecule has 0 spiro atoms. The Balaban J connectivity index is 0.00000450. The first kappa shape index (κ1) is 25.5. The molecule has 0 aliphatic rings. The monoisotopic (exact) mass is 416 g/mol. The average Bonchev–Trinajstić information content (AvgIpc) is 2.56. The molecule has 5 heteroatoms. The van der Waals surface area contributed by atoms with Crippen molar-refractivity contribution in [3.05, 3.63) is 57.6 Å². The van der Waals surface area contributed by atoms with Gasteiger partial charge in [-0.25, -0.2) is 0 Å². The summed E-state index contributed by atoms with van der Waals surface area (Å²) in [7, 11) is 0. The van der Waals surface area contributed by atoms with Crippen molar-refractivity contribution in [2.45, 2.75) is 78.6 Å². The van der Waals surface area contributed by atoms with Gasteiger partial charge < -0.3 is 20.8 Å². The normalized spacial score (nSPS) is 12.4. The summed E-state index contributed by atoms with van der Waals surface area (Å²) >= 11 is 0. The number of aromatic hydroxyl groups is 2. The molecule has 2 aromatic rings. The molecule has 0 unspecified atom stereocenters. The fraction of sp³-hybridized carbons (Fsp3) is 0.480. The Morgan fingerprint density at radius 3 is 1.23 bits per heavy atom. The van der Waals surface area contributed by atoms with Gasteiger partial charge in [0.2, 0.25) is 0 Å². The molecular weight excluding hydrogens is 380 g/mol. The molecule has 0 aromatic heterocycles. The first-order valence-corrected chi connectivity index (χ1v) is 9.93. The zero-order valence-electron chi connectivity index (χ0n) is 19.6. The lowest BCUT2D eigenvalue weighted by atomic mass is 9.71. The summed E-state index contributed by atoms with van der Waals surface area (Å²) in [6.45, 7) is 17.2. The van der Waals surface area contributed by atoms with E-state index in [1.807, 2.05) is 41.5 Å². The number of carboxylic acid groups (broad SMARTS) is 1. The van der Waals surface area contributed by atoms with Crippen LogP contribution in [0.1, 0.15) is 81.8 Å². The number of benzene rings is 2. The molecule has 5 nitrogen and oxygen atoms in total. The van der Waals surface area contributed by atoms with E-state index in [2.05, 4.69) is 0 Å². The van der Waals surface area contributed by atoms with Gasteiger partial charge in [0.15, 0.2) is 0 Å². The van der Waals surface area contributed by atoms with Crippen LogP contribution in [-0.2, 0) is 21.0 Å². The van der Waals surface area contributed by atoms with E-state index in [1.54, 1.807) is 45.0 Å². The Labute approximate surface area is 179 Å². The highest BCUT2D eigenvalue weighted by Crippen LogP contribution is 2.43. The van der Waals surface area contributed by atoms with Crippen molar-refractivity contribution in [2.75, 3.05) is 0 Å². The van der Waals surface area contributed by atoms with Crippen molar-refractivity contribution in [3.8, 4) is 11.5 Å². The Morgan fingerprint density at radius 2 is 1.00 bits per heavy atom. The molecule has 0 amide bonds. The van der Waals surface area contributed by atoms with Crippen molar-refractivity contribution >= 4 is 5.97 Å². The summed E-state index contributed by atoms with van der Waals surface area (Å²) in [5.74, 6) is -0.579. The van der Waals surface area contributed by atoms with Gasteiger partial charge in [-0.15, -0.1) is 0 Å². The highest BCUT2D eigenvalue weighted by Gasteiger charge is 2.40. The minimum absolute atomic E-state index is 0. The van der Waals surface area contributed by atoms with Gasteiger partial charge in [-0.3, -0.25) is 4.79 Å². The summed E-state index contributed by atoms with van der Waals surface area (Å²) in [6, 6.07) is 7.10. The number of hydrogen-bond donors (Lipinski definition) is 3. The van der Waals surface area contributed by atoms with Crippen LogP contribution < -0.4 is 0 Å². The summed E-state index contributed by atoms with van der Waals surface area (Å²) in [5.41, 5.74) is 1.91. The molecule has 2 aromatic carbocycles. The average molecular weight is 417 g/mol. The second-order valence-corrected chi connectivity index (χ2v) is 10.3. The quantitative estimate of drug-likeness (QED) is 0.662. The van der Waals surface area contributed by atoms with Crippen molar-refractivity contribution in [1.82, 2.24) is 0 Å². The minimum Gasteiger partial charge on any atom is -0.507 e. The minimum atomic E-state index is -1.34. The zero-order chi connectivity index (χ0) is 22.5. The van der Waals surface area contributed by atoms with Crippen molar-refractivity contribution in [1.29, 1.82) is 0 Å². The van der Waals surface area contributed by atoms with Crippen LogP contribution in [0.15, 0.2) is 24.3 Å². The Kier molecular flexibility index (Phi) is 6.76.